The molecule has 0 aliphatic carbocycles. The SMILES string of the molecule is COCCCC(C)CCC(=O)N1CC(C)C1. The van der Waals surface area contributed by atoms with Gasteiger partial charge in [-0.15, -0.1) is 0 Å². The van der Waals surface area contributed by atoms with Crippen molar-refractivity contribution in [2.75, 3.05) is 26.8 Å². The van der Waals surface area contributed by atoms with Crippen molar-refractivity contribution in [2.45, 2.75) is 39.5 Å². The van der Waals surface area contributed by atoms with Crippen molar-refractivity contribution in [1.82, 2.24) is 4.90 Å². The molecule has 94 valence electrons. The summed E-state index contributed by atoms with van der Waals surface area (Å²) in [4.78, 5) is 13.7. The second-order valence-corrected chi connectivity index (χ2v) is 5.18. The molecule has 1 aliphatic heterocycles. The molecule has 0 aromatic rings. The maximum absolute atomic E-state index is 11.7. The molecule has 16 heavy (non-hydrogen) atoms. The molecule has 1 unspecified atom stereocenters. The van der Waals surface area contributed by atoms with Gasteiger partial charge in [-0.25, -0.2) is 0 Å². The molecular weight excluding hydrogens is 202 g/mol. The van der Waals surface area contributed by atoms with Crippen LogP contribution in [0.25, 0.3) is 0 Å². The molecule has 0 radical (unpaired) electrons. The minimum Gasteiger partial charge on any atom is -0.385 e. The molecule has 0 aromatic heterocycles. The lowest BCUT2D eigenvalue weighted by Gasteiger charge is -2.37. The van der Waals surface area contributed by atoms with Crippen LogP contribution < -0.4 is 0 Å². The van der Waals surface area contributed by atoms with Gasteiger partial charge in [0.25, 0.3) is 0 Å². The van der Waals surface area contributed by atoms with Crippen LogP contribution in [-0.2, 0) is 9.53 Å². The number of ether oxygens (including phenoxy) is 1. The van der Waals surface area contributed by atoms with E-state index >= 15 is 0 Å². The van der Waals surface area contributed by atoms with E-state index in [0.29, 0.717) is 17.7 Å². The van der Waals surface area contributed by atoms with Crippen LogP contribution in [0.2, 0.25) is 0 Å². The van der Waals surface area contributed by atoms with Crippen molar-refractivity contribution in [3.05, 3.63) is 0 Å². The van der Waals surface area contributed by atoms with Crippen LogP contribution >= 0.6 is 0 Å². The Morgan fingerprint density at radius 3 is 2.69 bits per heavy atom. The van der Waals surface area contributed by atoms with E-state index in [1.165, 1.54) is 0 Å². The Balaban J connectivity index is 2.02. The van der Waals surface area contributed by atoms with Crippen molar-refractivity contribution in [3.63, 3.8) is 0 Å². The van der Waals surface area contributed by atoms with Gasteiger partial charge in [0.05, 0.1) is 0 Å². The summed E-state index contributed by atoms with van der Waals surface area (Å²) in [5.74, 6) is 1.69. The van der Waals surface area contributed by atoms with Gasteiger partial charge in [0, 0.05) is 33.2 Å². The molecule has 1 fully saturated rings. The highest BCUT2D eigenvalue weighted by Crippen LogP contribution is 2.18. The molecule has 1 aliphatic rings. The summed E-state index contributed by atoms with van der Waals surface area (Å²) in [6, 6.07) is 0. The highest BCUT2D eigenvalue weighted by molar-refractivity contribution is 5.76. The number of amides is 1. The van der Waals surface area contributed by atoms with Gasteiger partial charge >= 0.3 is 0 Å². The predicted molar refractivity (Wildman–Crippen MR) is 65.3 cm³/mol. The largest absolute Gasteiger partial charge is 0.385 e. The number of methoxy groups -OCH3 is 1. The predicted octanol–water partition coefficient (Wildman–Crippen LogP) is 2.31. The monoisotopic (exact) mass is 227 g/mol. The first-order chi connectivity index (χ1) is 7.63. The highest BCUT2D eigenvalue weighted by Gasteiger charge is 2.26. The zero-order valence-electron chi connectivity index (χ0n) is 10.9. The second-order valence-electron chi connectivity index (χ2n) is 5.18. The minimum atomic E-state index is 0.344. The zero-order valence-corrected chi connectivity index (χ0v) is 10.9. The normalized spacial score (nSPS) is 18.3. The van der Waals surface area contributed by atoms with E-state index < -0.39 is 0 Å². The Hall–Kier alpha value is -0.570. The van der Waals surface area contributed by atoms with Gasteiger partial charge in [0.2, 0.25) is 5.91 Å². The molecule has 1 atom stereocenters. The van der Waals surface area contributed by atoms with Gasteiger partial charge in [0.15, 0.2) is 0 Å². The Labute approximate surface area is 99.1 Å². The summed E-state index contributed by atoms with van der Waals surface area (Å²) in [5, 5.41) is 0. The van der Waals surface area contributed by atoms with Gasteiger partial charge in [-0.3, -0.25) is 4.79 Å². The maximum Gasteiger partial charge on any atom is 0.222 e. The minimum absolute atomic E-state index is 0.344. The lowest BCUT2D eigenvalue weighted by Crippen LogP contribution is -2.48. The Morgan fingerprint density at radius 1 is 1.44 bits per heavy atom. The molecule has 3 nitrogen and oxygen atoms in total. The van der Waals surface area contributed by atoms with Crippen LogP contribution in [0.1, 0.15) is 39.5 Å². The molecule has 3 heteroatoms. The molecule has 0 aromatic carbocycles. The molecule has 0 N–H and O–H groups in total. The number of rotatable bonds is 7. The van der Waals surface area contributed by atoms with Gasteiger partial charge in [-0.1, -0.05) is 13.8 Å². The average molecular weight is 227 g/mol. The fourth-order valence-electron chi connectivity index (χ4n) is 2.15. The number of likely N-dealkylation sites (tertiary alicyclic amines) is 1. The van der Waals surface area contributed by atoms with E-state index in [9.17, 15) is 4.79 Å². The van der Waals surface area contributed by atoms with Crippen LogP contribution in [0, 0.1) is 11.8 Å². The van der Waals surface area contributed by atoms with E-state index in [1.54, 1.807) is 7.11 Å². The maximum atomic E-state index is 11.7. The van der Waals surface area contributed by atoms with Gasteiger partial charge in [0.1, 0.15) is 0 Å². The molecule has 0 saturated carbocycles. The summed E-state index contributed by atoms with van der Waals surface area (Å²) in [7, 11) is 1.74. The molecule has 1 amide bonds. The Kier molecular flexibility index (Phi) is 5.81. The van der Waals surface area contributed by atoms with Crippen molar-refractivity contribution in [1.29, 1.82) is 0 Å². The quantitative estimate of drug-likeness (QED) is 0.625. The lowest BCUT2D eigenvalue weighted by molar-refractivity contribution is -0.137. The van der Waals surface area contributed by atoms with E-state index in [0.717, 1.165) is 45.4 Å². The molecule has 0 spiro atoms. The summed E-state index contributed by atoms with van der Waals surface area (Å²) < 4.78 is 5.02. The van der Waals surface area contributed by atoms with Crippen molar-refractivity contribution in [3.8, 4) is 0 Å². The Bertz CT molecular complexity index is 212. The first-order valence-corrected chi connectivity index (χ1v) is 6.40. The van der Waals surface area contributed by atoms with Crippen molar-refractivity contribution < 1.29 is 9.53 Å². The fourth-order valence-corrected chi connectivity index (χ4v) is 2.15. The van der Waals surface area contributed by atoms with E-state index in [-0.39, 0.29) is 0 Å². The third kappa shape index (κ3) is 4.52. The van der Waals surface area contributed by atoms with Crippen LogP contribution in [0.4, 0.5) is 0 Å². The van der Waals surface area contributed by atoms with Crippen molar-refractivity contribution >= 4 is 5.91 Å². The summed E-state index contributed by atoms with van der Waals surface area (Å²) in [6.07, 6.45) is 4.01. The lowest BCUT2D eigenvalue weighted by atomic mass is 9.97. The number of carbonyl (C=O) groups excluding carboxylic acids is 1. The summed E-state index contributed by atoms with van der Waals surface area (Å²) in [5.41, 5.74) is 0. The molecule has 1 heterocycles. The van der Waals surface area contributed by atoms with E-state index in [1.807, 2.05) is 4.90 Å². The van der Waals surface area contributed by atoms with Gasteiger partial charge < -0.3 is 9.64 Å². The first-order valence-electron chi connectivity index (χ1n) is 6.40. The standard InChI is InChI=1S/C13H25NO2/c1-11(5-4-8-16-3)6-7-13(15)14-9-12(2)10-14/h11-12H,4-10H2,1-3H3. The molecule has 1 saturated heterocycles. The van der Waals surface area contributed by atoms with Crippen LogP contribution in [0.3, 0.4) is 0 Å². The smallest absolute Gasteiger partial charge is 0.222 e. The van der Waals surface area contributed by atoms with Gasteiger partial charge in [-0.2, -0.15) is 0 Å². The van der Waals surface area contributed by atoms with Crippen LogP contribution in [0.15, 0.2) is 0 Å². The van der Waals surface area contributed by atoms with Crippen molar-refractivity contribution in [2.24, 2.45) is 11.8 Å². The zero-order chi connectivity index (χ0) is 12.0. The van der Waals surface area contributed by atoms with E-state index in [2.05, 4.69) is 13.8 Å². The third-order valence-electron chi connectivity index (χ3n) is 3.31. The number of nitrogens with zero attached hydrogens (tertiary/aromatic N) is 1. The third-order valence-corrected chi connectivity index (χ3v) is 3.31. The van der Waals surface area contributed by atoms with E-state index in [4.69, 9.17) is 4.74 Å². The topological polar surface area (TPSA) is 29.5 Å². The highest BCUT2D eigenvalue weighted by atomic mass is 16.5. The fraction of sp³-hybridized carbons (Fsp3) is 0.923. The second kappa shape index (κ2) is 6.89. The van der Waals surface area contributed by atoms with Crippen LogP contribution in [-0.4, -0.2) is 37.6 Å². The molecular formula is C13H25NO2. The Morgan fingerprint density at radius 2 is 2.12 bits per heavy atom. The summed E-state index contributed by atoms with van der Waals surface area (Å²) in [6.45, 7) is 7.19. The molecule has 1 rings (SSSR count). The summed E-state index contributed by atoms with van der Waals surface area (Å²) >= 11 is 0. The number of hydrogen-bond donors (Lipinski definition) is 0. The van der Waals surface area contributed by atoms with Crippen LogP contribution in [0.5, 0.6) is 0 Å². The number of carbonyl (C=O) groups is 1. The average Bonchev–Trinajstić information content (AvgIpc) is 2.22. The number of hydrogen-bond acceptors (Lipinski definition) is 2. The van der Waals surface area contributed by atoms with Gasteiger partial charge in [-0.05, 0) is 31.1 Å². The first kappa shape index (κ1) is 13.5. The molecule has 0 bridgehead atoms.